The van der Waals surface area contributed by atoms with Crippen molar-refractivity contribution in [1.29, 1.82) is 0 Å². The van der Waals surface area contributed by atoms with Crippen LogP contribution in [0.15, 0.2) is 10.5 Å². The minimum Gasteiger partial charge on any atom is -0.218 e. The molecule has 0 aliphatic heterocycles. The minimum atomic E-state index is -2.73. The van der Waals surface area contributed by atoms with E-state index in [0.29, 0.717) is 5.56 Å². The number of aromatic nitrogens is 1. The molecule has 1 nitrogen and oxygen atoms in total. The molecule has 0 spiro atoms. The van der Waals surface area contributed by atoms with Gasteiger partial charge in [-0.05, 0) is 34.5 Å². The smallest absolute Gasteiger partial charge is 0.218 e. The molecule has 1 rings (SSSR count). The quantitative estimate of drug-likeness (QED) is 0.686. The van der Waals surface area contributed by atoms with Crippen LogP contribution in [0.3, 0.4) is 0 Å². The van der Waals surface area contributed by atoms with Crippen molar-refractivity contribution in [2.45, 2.75) is 13.3 Å². The summed E-state index contributed by atoms with van der Waals surface area (Å²) in [7, 11) is 0. The Kier molecular flexibility index (Phi) is 2.72. The third-order valence-corrected chi connectivity index (χ3v) is 2.30. The topological polar surface area (TPSA) is 12.9 Å². The Morgan fingerprint density at radius 1 is 1.50 bits per heavy atom. The van der Waals surface area contributed by atoms with E-state index < -0.39 is 18.1 Å². The van der Waals surface area contributed by atoms with Crippen LogP contribution in [0.1, 0.15) is 17.7 Å². The van der Waals surface area contributed by atoms with Crippen LogP contribution in [0.25, 0.3) is 0 Å². The zero-order chi connectivity index (χ0) is 9.30. The normalized spacial score (nSPS) is 10.8. The van der Waals surface area contributed by atoms with Gasteiger partial charge in [-0.2, -0.15) is 4.39 Å². The van der Waals surface area contributed by atoms with E-state index in [1.165, 1.54) is 6.92 Å². The minimum absolute atomic E-state index is 0.131. The molecular weight excluding hydrogens is 235 g/mol. The van der Waals surface area contributed by atoms with Crippen molar-refractivity contribution >= 4 is 15.9 Å². The molecule has 0 saturated heterocycles. The van der Waals surface area contributed by atoms with Crippen LogP contribution in [0, 0.1) is 12.9 Å². The lowest BCUT2D eigenvalue weighted by Crippen LogP contribution is -1.96. The first-order chi connectivity index (χ1) is 5.52. The molecule has 0 N–H and O–H groups in total. The van der Waals surface area contributed by atoms with E-state index in [4.69, 9.17) is 0 Å². The van der Waals surface area contributed by atoms with E-state index in [1.807, 2.05) is 0 Å². The lowest BCUT2D eigenvalue weighted by molar-refractivity contribution is 0.144. The van der Waals surface area contributed by atoms with Gasteiger partial charge in [0.05, 0.1) is 4.47 Å². The predicted molar refractivity (Wildman–Crippen MR) is 41.6 cm³/mol. The van der Waals surface area contributed by atoms with Crippen molar-refractivity contribution in [2.24, 2.45) is 0 Å². The molecule has 1 aromatic rings. The van der Waals surface area contributed by atoms with Crippen molar-refractivity contribution < 1.29 is 13.2 Å². The van der Waals surface area contributed by atoms with E-state index in [0.717, 1.165) is 6.07 Å². The highest BCUT2D eigenvalue weighted by atomic mass is 79.9. The van der Waals surface area contributed by atoms with E-state index in [-0.39, 0.29) is 4.47 Å². The average Bonchev–Trinajstić information content (AvgIpc) is 1.99. The zero-order valence-electron chi connectivity index (χ0n) is 6.11. The third-order valence-electron chi connectivity index (χ3n) is 1.34. The highest BCUT2D eigenvalue weighted by Crippen LogP contribution is 2.24. The van der Waals surface area contributed by atoms with E-state index in [2.05, 4.69) is 20.9 Å². The lowest BCUT2D eigenvalue weighted by Gasteiger charge is -2.02. The van der Waals surface area contributed by atoms with Crippen molar-refractivity contribution in [3.63, 3.8) is 0 Å². The molecule has 1 heterocycles. The molecule has 0 saturated carbocycles. The van der Waals surface area contributed by atoms with Gasteiger partial charge in [-0.25, -0.2) is 13.8 Å². The van der Waals surface area contributed by atoms with Crippen molar-refractivity contribution in [3.05, 3.63) is 27.7 Å². The lowest BCUT2D eigenvalue weighted by atomic mass is 10.2. The number of alkyl halides is 2. The zero-order valence-corrected chi connectivity index (χ0v) is 7.70. The van der Waals surface area contributed by atoms with Crippen LogP contribution in [0.5, 0.6) is 0 Å². The fourth-order valence-corrected chi connectivity index (χ4v) is 0.957. The highest BCUT2D eigenvalue weighted by molar-refractivity contribution is 9.10. The van der Waals surface area contributed by atoms with Crippen LogP contribution in [-0.2, 0) is 0 Å². The molecule has 0 unspecified atom stereocenters. The molecule has 5 heteroatoms. The molecule has 0 aromatic carbocycles. The maximum absolute atomic E-state index is 12.7. The second kappa shape index (κ2) is 3.43. The van der Waals surface area contributed by atoms with Gasteiger partial charge in [0.2, 0.25) is 5.95 Å². The Morgan fingerprint density at radius 3 is 2.50 bits per heavy atom. The maximum atomic E-state index is 12.7. The first-order valence-corrected chi connectivity index (χ1v) is 3.92. The molecule has 1 aromatic heterocycles. The van der Waals surface area contributed by atoms with Gasteiger partial charge in [0.15, 0.2) is 0 Å². The number of halogens is 4. The van der Waals surface area contributed by atoms with Gasteiger partial charge in [0.25, 0.3) is 6.43 Å². The van der Waals surface area contributed by atoms with Gasteiger partial charge in [-0.1, -0.05) is 0 Å². The van der Waals surface area contributed by atoms with Crippen LogP contribution < -0.4 is 0 Å². The summed E-state index contributed by atoms with van der Waals surface area (Å²) in [5.74, 6) is -0.898. The van der Waals surface area contributed by atoms with E-state index >= 15 is 0 Å². The van der Waals surface area contributed by atoms with E-state index in [1.54, 1.807) is 0 Å². The Balaban J connectivity index is 3.21. The standard InChI is InChI=1S/C7H5BrF3N/c1-3-2-4(6(9)10)12-7(11)5(3)8/h2,6H,1H3. The summed E-state index contributed by atoms with van der Waals surface area (Å²) >= 11 is 2.88. The summed E-state index contributed by atoms with van der Waals surface area (Å²) in [6, 6.07) is 1.15. The average molecular weight is 240 g/mol. The molecule has 0 aliphatic rings. The second-order valence-electron chi connectivity index (χ2n) is 2.27. The summed E-state index contributed by atoms with van der Waals surface area (Å²) < 4.78 is 36.9. The third kappa shape index (κ3) is 1.77. The van der Waals surface area contributed by atoms with Gasteiger partial charge < -0.3 is 0 Å². The summed E-state index contributed by atoms with van der Waals surface area (Å²) in [5, 5.41) is 0. The molecule has 66 valence electrons. The van der Waals surface area contributed by atoms with Crippen LogP contribution >= 0.6 is 15.9 Å². The van der Waals surface area contributed by atoms with Gasteiger partial charge in [0.1, 0.15) is 5.69 Å². The Labute approximate surface area is 75.7 Å². The molecule has 0 bridgehead atoms. The summed E-state index contributed by atoms with van der Waals surface area (Å²) in [6.45, 7) is 1.53. The number of hydrogen-bond donors (Lipinski definition) is 0. The highest BCUT2D eigenvalue weighted by Gasteiger charge is 2.13. The molecule has 0 fully saturated rings. The predicted octanol–water partition coefficient (Wildman–Crippen LogP) is 3.23. The number of pyridine rings is 1. The Bertz CT molecular complexity index is 278. The fourth-order valence-electron chi connectivity index (χ4n) is 0.754. The molecule has 0 aliphatic carbocycles. The number of aryl methyl sites for hydroxylation is 1. The summed E-state index contributed by atoms with van der Waals surface area (Å²) in [4.78, 5) is 3.07. The van der Waals surface area contributed by atoms with Gasteiger partial charge in [0, 0.05) is 0 Å². The first-order valence-electron chi connectivity index (χ1n) is 3.13. The van der Waals surface area contributed by atoms with E-state index in [9.17, 15) is 13.2 Å². The number of hydrogen-bond acceptors (Lipinski definition) is 1. The molecule has 0 atom stereocenters. The summed E-state index contributed by atoms with van der Waals surface area (Å²) in [6.07, 6.45) is -2.73. The van der Waals surface area contributed by atoms with Gasteiger partial charge in [-0.15, -0.1) is 0 Å². The molecular formula is C7H5BrF3N. The van der Waals surface area contributed by atoms with Crippen LogP contribution in [-0.4, -0.2) is 4.98 Å². The SMILES string of the molecule is Cc1cc(C(F)F)nc(F)c1Br. The maximum Gasteiger partial charge on any atom is 0.280 e. The largest absolute Gasteiger partial charge is 0.280 e. The van der Waals surface area contributed by atoms with Crippen molar-refractivity contribution in [2.75, 3.05) is 0 Å². The van der Waals surface area contributed by atoms with Gasteiger partial charge in [-0.3, -0.25) is 0 Å². The Morgan fingerprint density at radius 2 is 2.08 bits per heavy atom. The second-order valence-corrected chi connectivity index (χ2v) is 3.06. The molecule has 0 amide bonds. The number of rotatable bonds is 1. The number of nitrogens with zero attached hydrogens (tertiary/aromatic N) is 1. The Hall–Kier alpha value is -0.580. The van der Waals surface area contributed by atoms with Crippen LogP contribution in [0.2, 0.25) is 0 Å². The van der Waals surface area contributed by atoms with Crippen molar-refractivity contribution in [3.8, 4) is 0 Å². The first kappa shape index (κ1) is 9.51. The fraction of sp³-hybridized carbons (Fsp3) is 0.286. The summed E-state index contributed by atoms with van der Waals surface area (Å²) in [5.41, 5.74) is -0.119. The monoisotopic (exact) mass is 239 g/mol. The van der Waals surface area contributed by atoms with Gasteiger partial charge >= 0.3 is 0 Å². The molecule has 12 heavy (non-hydrogen) atoms. The van der Waals surface area contributed by atoms with Crippen LogP contribution in [0.4, 0.5) is 13.2 Å². The molecule has 0 radical (unpaired) electrons. The van der Waals surface area contributed by atoms with Crippen molar-refractivity contribution in [1.82, 2.24) is 4.98 Å².